The number of para-hydroxylation sites is 1. The molecule has 2 aliphatic rings. The number of carbonyl (C=O) groups excluding carboxylic acids is 1. The van der Waals surface area contributed by atoms with Gasteiger partial charge in [0.05, 0.1) is 12.2 Å². The van der Waals surface area contributed by atoms with E-state index in [1.807, 2.05) is 30.3 Å². The Morgan fingerprint density at radius 3 is 2.43 bits per heavy atom. The monoisotopic (exact) mass is 383 g/mol. The maximum atomic E-state index is 12.9. The molecule has 2 fully saturated rings. The summed E-state index contributed by atoms with van der Waals surface area (Å²) < 4.78 is 3.19. The average molecular weight is 383 g/mol. The molecule has 0 bridgehead atoms. The van der Waals surface area contributed by atoms with Gasteiger partial charge in [0.25, 0.3) is 0 Å². The average Bonchev–Trinajstić information content (AvgIpc) is 3.52. The second-order valence-electron chi connectivity index (χ2n) is 7.90. The number of amides is 2. The number of aromatic nitrogens is 3. The molecule has 1 aromatic carbocycles. The summed E-state index contributed by atoms with van der Waals surface area (Å²) in [6.07, 6.45) is 9.14. The second-order valence-corrected chi connectivity index (χ2v) is 7.90. The predicted molar refractivity (Wildman–Crippen MR) is 108 cm³/mol. The number of benzene rings is 1. The van der Waals surface area contributed by atoms with Gasteiger partial charge in [0.2, 0.25) is 0 Å². The molecule has 4 rings (SSSR count). The number of nitrogens with one attached hydrogen (secondary N) is 2. The van der Waals surface area contributed by atoms with Crippen LogP contribution in [0.3, 0.4) is 0 Å². The van der Waals surface area contributed by atoms with Crippen LogP contribution in [0.2, 0.25) is 0 Å². The Balaban J connectivity index is 1.37. The molecule has 1 aromatic heterocycles. The third kappa shape index (κ3) is 4.46. The molecular weight excluding hydrogens is 354 g/mol. The zero-order valence-corrected chi connectivity index (χ0v) is 16.3. The normalized spacial score (nSPS) is 17.9. The van der Waals surface area contributed by atoms with Crippen LogP contribution in [0.5, 0.6) is 0 Å². The fourth-order valence-electron chi connectivity index (χ4n) is 3.93. The number of hydrogen-bond donors (Lipinski definition) is 2. The highest BCUT2D eigenvalue weighted by atomic mass is 16.2. The van der Waals surface area contributed by atoms with Crippen molar-refractivity contribution in [3.05, 3.63) is 46.6 Å². The van der Waals surface area contributed by atoms with Crippen LogP contribution < -0.4 is 16.3 Å². The molecule has 2 aliphatic carbocycles. The zero-order valence-electron chi connectivity index (χ0n) is 16.3. The molecule has 150 valence electrons. The highest BCUT2D eigenvalue weighted by Crippen LogP contribution is 2.39. The van der Waals surface area contributed by atoms with Crippen LogP contribution >= 0.6 is 0 Å². The van der Waals surface area contributed by atoms with Crippen LogP contribution in [0.1, 0.15) is 63.1 Å². The largest absolute Gasteiger partial charge is 0.350 e. The van der Waals surface area contributed by atoms with E-state index in [-0.39, 0.29) is 17.8 Å². The lowest BCUT2D eigenvalue weighted by molar-refractivity contribution is 0.235. The SMILES string of the molecule is O=C(NCCn1nc(C2CC2)n(-c2ccccc2)c1=O)NC1CCCCCC1. The summed E-state index contributed by atoms with van der Waals surface area (Å²) in [5.74, 6) is 1.19. The van der Waals surface area contributed by atoms with Gasteiger partial charge in [-0.05, 0) is 37.8 Å². The first kappa shape index (κ1) is 18.8. The number of nitrogens with zero attached hydrogens (tertiary/aromatic N) is 3. The fraction of sp³-hybridized carbons (Fsp3) is 0.571. The number of urea groups is 1. The Kier molecular flexibility index (Phi) is 5.78. The van der Waals surface area contributed by atoms with Crippen molar-refractivity contribution in [2.75, 3.05) is 6.54 Å². The summed E-state index contributed by atoms with van der Waals surface area (Å²) >= 11 is 0. The minimum absolute atomic E-state index is 0.140. The van der Waals surface area contributed by atoms with Crippen molar-refractivity contribution in [2.24, 2.45) is 0 Å². The van der Waals surface area contributed by atoms with E-state index in [1.54, 1.807) is 4.57 Å². The molecule has 2 aromatic rings. The van der Waals surface area contributed by atoms with Crippen LogP contribution in [0.25, 0.3) is 5.69 Å². The molecular formula is C21H29N5O2. The van der Waals surface area contributed by atoms with Gasteiger partial charge >= 0.3 is 11.7 Å². The van der Waals surface area contributed by atoms with Crippen molar-refractivity contribution in [3.63, 3.8) is 0 Å². The number of hydrogen-bond acceptors (Lipinski definition) is 3. The van der Waals surface area contributed by atoms with E-state index in [1.165, 1.54) is 30.4 Å². The van der Waals surface area contributed by atoms with E-state index in [4.69, 9.17) is 0 Å². The first-order valence-corrected chi connectivity index (χ1v) is 10.5. The van der Waals surface area contributed by atoms with Gasteiger partial charge < -0.3 is 10.6 Å². The van der Waals surface area contributed by atoms with E-state index in [9.17, 15) is 9.59 Å². The molecule has 2 saturated carbocycles. The maximum absolute atomic E-state index is 12.9. The molecule has 0 radical (unpaired) electrons. The summed E-state index contributed by atoms with van der Waals surface area (Å²) in [6, 6.07) is 9.76. The zero-order chi connectivity index (χ0) is 19.3. The Hall–Kier alpha value is -2.57. The maximum Gasteiger partial charge on any atom is 0.350 e. The number of rotatable bonds is 6. The van der Waals surface area contributed by atoms with Crippen LogP contribution in [-0.2, 0) is 6.54 Å². The predicted octanol–water partition coefficient (Wildman–Crippen LogP) is 2.93. The summed E-state index contributed by atoms with van der Waals surface area (Å²) in [4.78, 5) is 25.1. The standard InChI is InChI=1S/C21H29N5O2/c27-20(23-17-8-4-1-2-5-9-17)22-14-15-25-21(28)26(18-10-6-3-7-11-18)19(24-25)16-12-13-16/h3,6-7,10-11,16-17H,1-2,4-5,8-9,12-15H2,(H2,22,23,27). The Bertz CT molecular complexity index is 845. The summed E-state index contributed by atoms with van der Waals surface area (Å²) in [5, 5.41) is 10.5. The van der Waals surface area contributed by atoms with E-state index < -0.39 is 0 Å². The highest BCUT2D eigenvalue weighted by Gasteiger charge is 2.31. The molecule has 0 spiro atoms. The van der Waals surface area contributed by atoms with E-state index in [0.717, 1.165) is 37.2 Å². The van der Waals surface area contributed by atoms with Gasteiger partial charge in [0.15, 0.2) is 0 Å². The molecule has 7 nitrogen and oxygen atoms in total. The van der Waals surface area contributed by atoms with Crippen molar-refractivity contribution >= 4 is 6.03 Å². The van der Waals surface area contributed by atoms with Gasteiger partial charge in [-0.2, -0.15) is 5.10 Å². The third-order valence-corrected chi connectivity index (χ3v) is 5.62. The molecule has 1 heterocycles. The first-order valence-electron chi connectivity index (χ1n) is 10.5. The van der Waals surface area contributed by atoms with Crippen molar-refractivity contribution in [1.29, 1.82) is 0 Å². The van der Waals surface area contributed by atoms with Gasteiger partial charge in [-0.25, -0.2) is 18.8 Å². The third-order valence-electron chi connectivity index (χ3n) is 5.62. The quantitative estimate of drug-likeness (QED) is 0.753. The topological polar surface area (TPSA) is 81.0 Å². The molecule has 7 heteroatoms. The summed E-state index contributed by atoms with van der Waals surface area (Å²) in [5.41, 5.74) is 0.707. The molecule has 28 heavy (non-hydrogen) atoms. The van der Waals surface area contributed by atoms with Crippen LogP contribution in [-0.4, -0.2) is 33.0 Å². The number of carbonyl (C=O) groups is 1. The lowest BCUT2D eigenvalue weighted by atomic mass is 10.1. The molecule has 0 atom stereocenters. The van der Waals surface area contributed by atoms with E-state index in [0.29, 0.717) is 19.0 Å². The van der Waals surface area contributed by atoms with Gasteiger partial charge in [-0.3, -0.25) is 0 Å². The molecule has 2 amide bonds. The van der Waals surface area contributed by atoms with Crippen LogP contribution in [0, 0.1) is 0 Å². The van der Waals surface area contributed by atoms with Crippen LogP contribution in [0.15, 0.2) is 35.1 Å². The van der Waals surface area contributed by atoms with Gasteiger partial charge in [0, 0.05) is 18.5 Å². The highest BCUT2D eigenvalue weighted by molar-refractivity contribution is 5.74. The van der Waals surface area contributed by atoms with Crippen molar-refractivity contribution in [3.8, 4) is 5.69 Å². The van der Waals surface area contributed by atoms with Crippen molar-refractivity contribution < 1.29 is 4.79 Å². The summed E-state index contributed by atoms with van der Waals surface area (Å²) in [7, 11) is 0. The van der Waals surface area contributed by atoms with Gasteiger partial charge in [-0.15, -0.1) is 0 Å². The van der Waals surface area contributed by atoms with E-state index in [2.05, 4.69) is 15.7 Å². The van der Waals surface area contributed by atoms with Crippen LogP contribution in [0.4, 0.5) is 4.79 Å². The van der Waals surface area contributed by atoms with E-state index >= 15 is 0 Å². The molecule has 0 unspecified atom stereocenters. The summed E-state index contributed by atoms with van der Waals surface area (Å²) in [6.45, 7) is 0.755. The first-order chi connectivity index (χ1) is 13.7. The Morgan fingerprint density at radius 2 is 1.75 bits per heavy atom. The van der Waals surface area contributed by atoms with Gasteiger partial charge in [-0.1, -0.05) is 43.9 Å². The second kappa shape index (κ2) is 8.63. The van der Waals surface area contributed by atoms with Crippen molar-refractivity contribution in [2.45, 2.75) is 69.9 Å². The minimum Gasteiger partial charge on any atom is -0.336 e. The lowest BCUT2D eigenvalue weighted by Gasteiger charge is -2.16. The van der Waals surface area contributed by atoms with Crippen molar-refractivity contribution in [1.82, 2.24) is 25.0 Å². The smallest absolute Gasteiger partial charge is 0.336 e. The Morgan fingerprint density at radius 1 is 1.04 bits per heavy atom. The molecule has 2 N–H and O–H groups in total. The fourth-order valence-corrected chi connectivity index (χ4v) is 3.93. The Labute approximate surface area is 165 Å². The molecule has 0 saturated heterocycles. The molecule has 0 aliphatic heterocycles. The van der Waals surface area contributed by atoms with Gasteiger partial charge in [0.1, 0.15) is 5.82 Å². The lowest BCUT2D eigenvalue weighted by Crippen LogP contribution is -2.43. The minimum atomic E-state index is -0.148.